The van der Waals surface area contributed by atoms with Gasteiger partial charge in [-0.3, -0.25) is 5.10 Å². The number of benzene rings is 1. The summed E-state index contributed by atoms with van der Waals surface area (Å²) < 4.78 is 48.9. The van der Waals surface area contributed by atoms with Crippen molar-refractivity contribution in [1.82, 2.24) is 19.9 Å². The van der Waals surface area contributed by atoms with E-state index in [9.17, 15) is 16.8 Å². The summed E-state index contributed by atoms with van der Waals surface area (Å²) in [5.41, 5.74) is 0. The summed E-state index contributed by atoms with van der Waals surface area (Å²) in [4.78, 5) is 3.42. The molecule has 0 aliphatic carbocycles. The van der Waals surface area contributed by atoms with Crippen molar-refractivity contribution in [3.8, 4) is 0 Å². The topological polar surface area (TPSA) is 148 Å². The van der Waals surface area contributed by atoms with Crippen LogP contribution in [0.1, 0.15) is 5.82 Å². The third-order valence-corrected chi connectivity index (χ3v) is 4.93. The van der Waals surface area contributed by atoms with Crippen molar-refractivity contribution < 1.29 is 16.8 Å². The molecule has 0 spiro atoms. The molecule has 0 radical (unpaired) electrons. The fraction of sp³-hybridized carbons (Fsp3) is 0.200. The second kappa shape index (κ2) is 5.89. The van der Waals surface area contributed by atoms with E-state index in [0.717, 1.165) is 6.07 Å². The molecule has 0 amide bonds. The molecule has 114 valence electrons. The summed E-state index contributed by atoms with van der Waals surface area (Å²) in [6.07, 6.45) is 1.65. The Morgan fingerprint density at radius 3 is 2.52 bits per heavy atom. The summed E-state index contributed by atoms with van der Waals surface area (Å²) in [5.74, 6) is 0.538. The van der Waals surface area contributed by atoms with Gasteiger partial charge in [0.15, 0.2) is 0 Å². The predicted molar refractivity (Wildman–Crippen MR) is 73.1 cm³/mol. The van der Waals surface area contributed by atoms with Gasteiger partial charge in [-0.25, -0.2) is 31.7 Å². The molecule has 2 aromatic rings. The van der Waals surface area contributed by atoms with E-state index >= 15 is 0 Å². The molecule has 0 saturated carbocycles. The molecule has 9 nitrogen and oxygen atoms in total. The highest BCUT2D eigenvalue weighted by atomic mass is 32.2. The van der Waals surface area contributed by atoms with Gasteiger partial charge in [0.05, 0.1) is 9.79 Å². The number of H-pyrrole nitrogens is 1. The normalized spacial score (nSPS) is 12.4. The number of nitrogens with two attached hydrogens (primary N) is 1. The second-order valence-corrected chi connectivity index (χ2v) is 7.43. The third-order valence-electron chi connectivity index (χ3n) is 2.56. The van der Waals surface area contributed by atoms with Gasteiger partial charge >= 0.3 is 0 Å². The van der Waals surface area contributed by atoms with Gasteiger partial charge in [-0.15, -0.1) is 0 Å². The van der Waals surface area contributed by atoms with Gasteiger partial charge in [-0.2, -0.15) is 5.10 Å². The highest BCUT2D eigenvalue weighted by molar-refractivity contribution is 7.90. The van der Waals surface area contributed by atoms with Crippen LogP contribution in [-0.2, 0) is 26.5 Å². The third kappa shape index (κ3) is 4.07. The number of sulfonamides is 2. The van der Waals surface area contributed by atoms with E-state index in [1.165, 1.54) is 24.5 Å². The van der Waals surface area contributed by atoms with Gasteiger partial charge in [0, 0.05) is 13.0 Å². The lowest BCUT2D eigenvalue weighted by molar-refractivity contribution is 0.580. The van der Waals surface area contributed by atoms with Crippen LogP contribution in [0.3, 0.4) is 0 Å². The average Bonchev–Trinajstić information content (AvgIpc) is 2.91. The van der Waals surface area contributed by atoms with Gasteiger partial charge in [-0.05, 0) is 18.2 Å². The maximum atomic E-state index is 12.0. The average molecular weight is 331 g/mol. The van der Waals surface area contributed by atoms with Crippen molar-refractivity contribution in [2.24, 2.45) is 5.14 Å². The van der Waals surface area contributed by atoms with Crippen molar-refractivity contribution in [2.75, 3.05) is 6.54 Å². The number of hydrogen-bond donors (Lipinski definition) is 3. The number of nitrogens with zero attached hydrogens (tertiary/aromatic N) is 2. The summed E-state index contributed by atoms with van der Waals surface area (Å²) in [6.45, 7) is 0.0944. The Balaban J connectivity index is 2.12. The molecule has 1 heterocycles. The molecular weight excluding hydrogens is 318 g/mol. The predicted octanol–water partition coefficient (Wildman–Crippen LogP) is -1.03. The second-order valence-electron chi connectivity index (χ2n) is 4.10. The van der Waals surface area contributed by atoms with Crippen LogP contribution < -0.4 is 9.86 Å². The Kier molecular flexibility index (Phi) is 4.37. The van der Waals surface area contributed by atoms with E-state index in [2.05, 4.69) is 19.9 Å². The maximum absolute atomic E-state index is 12.0. The lowest BCUT2D eigenvalue weighted by Gasteiger charge is -2.07. The van der Waals surface area contributed by atoms with Crippen LogP contribution in [0.25, 0.3) is 0 Å². The summed E-state index contributed by atoms with van der Waals surface area (Å²) >= 11 is 0. The first kappa shape index (κ1) is 15.6. The highest BCUT2D eigenvalue weighted by Gasteiger charge is 2.17. The molecular formula is C10H13N5O4S2. The molecule has 0 aliphatic heterocycles. The molecule has 1 aromatic carbocycles. The molecule has 0 fully saturated rings. The largest absolute Gasteiger partial charge is 0.263 e. The maximum Gasteiger partial charge on any atom is 0.240 e. The molecule has 0 aliphatic rings. The van der Waals surface area contributed by atoms with Gasteiger partial charge < -0.3 is 0 Å². The van der Waals surface area contributed by atoms with Crippen molar-refractivity contribution in [1.29, 1.82) is 0 Å². The molecule has 11 heteroatoms. The fourth-order valence-electron chi connectivity index (χ4n) is 1.56. The minimum absolute atomic E-state index is 0.0944. The van der Waals surface area contributed by atoms with Crippen LogP contribution in [0.2, 0.25) is 0 Å². The number of hydrogen-bond acceptors (Lipinski definition) is 6. The van der Waals surface area contributed by atoms with Gasteiger partial charge in [0.2, 0.25) is 20.0 Å². The highest BCUT2D eigenvalue weighted by Crippen LogP contribution is 2.14. The molecule has 0 saturated heterocycles. The van der Waals surface area contributed by atoms with Crippen LogP contribution >= 0.6 is 0 Å². The molecule has 0 atom stereocenters. The number of rotatable bonds is 6. The van der Waals surface area contributed by atoms with E-state index in [4.69, 9.17) is 5.14 Å². The first-order valence-electron chi connectivity index (χ1n) is 5.76. The van der Waals surface area contributed by atoms with Crippen LogP contribution in [0, 0.1) is 0 Å². The first-order chi connectivity index (χ1) is 9.79. The lowest BCUT2D eigenvalue weighted by Crippen LogP contribution is -2.26. The zero-order valence-corrected chi connectivity index (χ0v) is 12.4. The SMILES string of the molecule is NS(=O)(=O)c1cccc(S(=O)(=O)NCCc2ncn[nH]2)c1. The first-order valence-corrected chi connectivity index (χ1v) is 8.79. The minimum atomic E-state index is -3.96. The molecule has 0 bridgehead atoms. The van der Waals surface area contributed by atoms with Crippen molar-refractivity contribution in [3.63, 3.8) is 0 Å². The van der Waals surface area contributed by atoms with E-state index in [1.54, 1.807) is 0 Å². The minimum Gasteiger partial charge on any atom is -0.263 e. The Bertz CT molecular complexity index is 815. The molecule has 0 unspecified atom stereocenters. The molecule has 2 rings (SSSR count). The Labute approximate surface area is 121 Å². The van der Waals surface area contributed by atoms with Gasteiger partial charge in [0.1, 0.15) is 12.2 Å². The van der Waals surface area contributed by atoms with Crippen molar-refractivity contribution in [2.45, 2.75) is 16.2 Å². The van der Waals surface area contributed by atoms with Crippen LogP contribution in [0.5, 0.6) is 0 Å². The Hall–Kier alpha value is -1.82. The lowest BCUT2D eigenvalue weighted by atomic mass is 10.4. The van der Waals surface area contributed by atoms with E-state index in [0.29, 0.717) is 12.2 Å². The van der Waals surface area contributed by atoms with Crippen molar-refractivity contribution in [3.05, 3.63) is 36.4 Å². The summed E-state index contributed by atoms with van der Waals surface area (Å²) in [5, 5.41) is 11.2. The quantitative estimate of drug-likeness (QED) is 0.616. The van der Waals surface area contributed by atoms with E-state index in [1.807, 2.05) is 0 Å². The molecule has 1 aromatic heterocycles. The fourth-order valence-corrected chi connectivity index (χ4v) is 3.27. The van der Waals surface area contributed by atoms with E-state index in [-0.39, 0.29) is 16.3 Å². The zero-order valence-electron chi connectivity index (χ0n) is 10.7. The number of aromatic nitrogens is 3. The Morgan fingerprint density at radius 1 is 1.19 bits per heavy atom. The van der Waals surface area contributed by atoms with Crippen LogP contribution in [0.4, 0.5) is 0 Å². The van der Waals surface area contributed by atoms with Gasteiger partial charge in [0.25, 0.3) is 0 Å². The molecule has 4 N–H and O–H groups in total. The van der Waals surface area contributed by atoms with Crippen molar-refractivity contribution >= 4 is 20.0 Å². The smallest absolute Gasteiger partial charge is 0.240 e. The standard InChI is InChI=1S/C10H13N5O4S2/c11-20(16,17)8-2-1-3-9(6-8)21(18,19)14-5-4-10-12-7-13-15-10/h1-3,6-7,14H,4-5H2,(H2,11,16,17)(H,12,13,15). The van der Waals surface area contributed by atoms with E-state index < -0.39 is 20.0 Å². The summed E-state index contributed by atoms with van der Waals surface area (Å²) in [7, 11) is -7.79. The number of nitrogens with one attached hydrogen (secondary N) is 2. The zero-order chi connectivity index (χ0) is 15.5. The van der Waals surface area contributed by atoms with Crippen LogP contribution in [0.15, 0.2) is 40.4 Å². The Morgan fingerprint density at radius 2 is 1.90 bits per heavy atom. The number of primary sulfonamides is 1. The number of aromatic amines is 1. The monoisotopic (exact) mass is 331 g/mol. The van der Waals surface area contributed by atoms with Gasteiger partial charge in [-0.1, -0.05) is 6.07 Å². The van der Waals surface area contributed by atoms with Crippen LogP contribution in [-0.4, -0.2) is 38.6 Å². The molecule has 21 heavy (non-hydrogen) atoms. The summed E-state index contributed by atoms with van der Waals surface area (Å²) in [6, 6.07) is 4.82.